The quantitative estimate of drug-likeness (QED) is 0.683. The molecule has 1 N–H and O–H groups in total. The van der Waals surface area contributed by atoms with E-state index in [0.29, 0.717) is 0 Å². The standard InChI is InChI=1S/C13H18N2/c1-15-9-6-11-4-2-3-5-12(11)13(15)7-8-14-10-13/h2-5,14H,6-10H2,1H3. The summed E-state index contributed by atoms with van der Waals surface area (Å²) in [4.78, 5) is 2.54. The Labute approximate surface area is 91.3 Å². The third-order valence-corrected chi connectivity index (χ3v) is 4.10. The molecule has 0 bridgehead atoms. The first-order valence-electron chi connectivity index (χ1n) is 5.83. The Kier molecular flexibility index (Phi) is 2.08. The fourth-order valence-corrected chi connectivity index (χ4v) is 3.13. The van der Waals surface area contributed by atoms with Crippen LogP contribution in [-0.2, 0) is 12.0 Å². The third kappa shape index (κ3) is 1.25. The number of rotatable bonds is 0. The minimum absolute atomic E-state index is 0.287. The number of hydrogen-bond donors (Lipinski definition) is 1. The zero-order chi connectivity index (χ0) is 10.3. The van der Waals surface area contributed by atoms with E-state index in [0.717, 1.165) is 13.1 Å². The Bertz CT molecular complexity index is 367. The van der Waals surface area contributed by atoms with Crippen molar-refractivity contribution in [1.29, 1.82) is 0 Å². The molecule has 3 rings (SSSR count). The van der Waals surface area contributed by atoms with E-state index in [1.54, 1.807) is 11.1 Å². The minimum atomic E-state index is 0.287. The minimum Gasteiger partial charge on any atom is -0.314 e. The van der Waals surface area contributed by atoms with E-state index < -0.39 is 0 Å². The van der Waals surface area contributed by atoms with Gasteiger partial charge in [0.1, 0.15) is 0 Å². The molecular formula is C13H18N2. The molecule has 0 saturated carbocycles. The lowest BCUT2D eigenvalue weighted by Gasteiger charge is -2.43. The second kappa shape index (κ2) is 3.32. The van der Waals surface area contributed by atoms with E-state index in [1.807, 2.05) is 0 Å². The van der Waals surface area contributed by atoms with E-state index in [1.165, 1.54) is 19.4 Å². The Hall–Kier alpha value is -0.860. The molecule has 1 spiro atoms. The van der Waals surface area contributed by atoms with Crippen LogP contribution in [0.1, 0.15) is 17.5 Å². The molecule has 1 atom stereocenters. The van der Waals surface area contributed by atoms with Crippen molar-refractivity contribution in [1.82, 2.24) is 10.2 Å². The van der Waals surface area contributed by atoms with Crippen molar-refractivity contribution in [2.24, 2.45) is 0 Å². The van der Waals surface area contributed by atoms with Gasteiger partial charge in [0.25, 0.3) is 0 Å². The van der Waals surface area contributed by atoms with Crippen LogP contribution in [-0.4, -0.2) is 31.6 Å². The number of nitrogens with zero attached hydrogens (tertiary/aromatic N) is 1. The summed E-state index contributed by atoms with van der Waals surface area (Å²) < 4.78 is 0. The van der Waals surface area contributed by atoms with Gasteiger partial charge in [0.15, 0.2) is 0 Å². The van der Waals surface area contributed by atoms with Gasteiger partial charge in [0, 0.05) is 13.1 Å². The Balaban J connectivity index is 2.13. The molecule has 1 aromatic rings. The van der Waals surface area contributed by atoms with Crippen molar-refractivity contribution < 1.29 is 0 Å². The van der Waals surface area contributed by atoms with Gasteiger partial charge in [-0.3, -0.25) is 4.90 Å². The maximum atomic E-state index is 3.51. The first-order chi connectivity index (χ1) is 7.33. The molecule has 0 radical (unpaired) electrons. The maximum absolute atomic E-state index is 3.51. The van der Waals surface area contributed by atoms with Gasteiger partial charge in [-0.2, -0.15) is 0 Å². The summed E-state index contributed by atoms with van der Waals surface area (Å²) in [6, 6.07) is 8.96. The van der Waals surface area contributed by atoms with Crippen molar-refractivity contribution in [3.8, 4) is 0 Å². The summed E-state index contributed by atoms with van der Waals surface area (Å²) in [5.41, 5.74) is 3.40. The number of likely N-dealkylation sites (N-methyl/N-ethyl adjacent to an activating group) is 1. The van der Waals surface area contributed by atoms with E-state index in [4.69, 9.17) is 0 Å². The molecule has 1 saturated heterocycles. The molecule has 2 aliphatic heterocycles. The predicted octanol–water partition coefficient (Wildman–Crippen LogP) is 1.36. The van der Waals surface area contributed by atoms with Gasteiger partial charge in [0.05, 0.1) is 5.54 Å². The molecule has 80 valence electrons. The highest BCUT2D eigenvalue weighted by Gasteiger charge is 2.42. The molecule has 0 amide bonds. The van der Waals surface area contributed by atoms with Crippen LogP contribution >= 0.6 is 0 Å². The highest BCUT2D eigenvalue weighted by atomic mass is 15.2. The second-order valence-electron chi connectivity index (χ2n) is 4.79. The van der Waals surface area contributed by atoms with Crippen LogP contribution in [0.15, 0.2) is 24.3 Å². The second-order valence-corrected chi connectivity index (χ2v) is 4.79. The van der Waals surface area contributed by atoms with Gasteiger partial charge in [-0.15, -0.1) is 0 Å². The van der Waals surface area contributed by atoms with Crippen LogP contribution < -0.4 is 5.32 Å². The summed E-state index contributed by atoms with van der Waals surface area (Å²) >= 11 is 0. The Morgan fingerprint density at radius 2 is 2.20 bits per heavy atom. The van der Waals surface area contributed by atoms with Gasteiger partial charge in [0.2, 0.25) is 0 Å². The summed E-state index contributed by atoms with van der Waals surface area (Å²) in [6.07, 6.45) is 2.45. The van der Waals surface area contributed by atoms with Crippen LogP contribution in [0.2, 0.25) is 0 Å². The molecule has 1 unspecified atom stereocenters. The lowest BCUT2D eigenvalue weighted by molar-refractivity contribution is 0.124. The number of benzene rings is 1. The molecular weight excluding hydrogens is 184 g/mol. The van der Waals surface area contributed by atoms with Crippen LogP contribution in [0.3, 0.4) is 0 Å². The number of nitrogens with one attached hydrogen (secondary N) is 1. The monoisotopic (exact) mass is 202 g/mol. The third-order valence-electron chi connectivity index (χ3n) is 4.10. The maximum Gasteiger partial charge on any atom is 0.0598 e. The summed E-state index contributed by atoms with van der Waals surface area (Å²) in [7, 11) is 2.27. The zero-order valence-corrected chi connectivity index (χ0v) is 9.29. The SMILES string of the molecule is CN1CCc2ccccc2C12CCNC2. The molecule has 1 fully saturated rings. The van der Waals surface area contributed by atoms with Crippen molar-refractivity contribution in [3.05, 3.63) is 35.4 Å². The Morgan fingerprint density at radius 3 is 3.00 bits per heavy atom. The van der Waals surface area contributed by atoms with Crippen LogP contribution in [0.25, 0.3) is 0 Å². The van der Waals surface area contributed by atoms with E-state index in [-0.39, 0.29) is 5.54 Å². The lowest BCUT2D eigenvalue weighted by atomic mass is 9.80. The zero-order valence-electron chi connectivity index (χ0n) is 9.29. The molecule has 2 heteroatoms. The molecule has 2 heterocycles. The van der Waals surface area contributed by atoms with Crippen molar-refractivity contribution in [3.63, 3.8) is 0 Å². The molecule has 0 aliphatic carbocycles. The predicted molar refractivity (Wildman–Crippen MR) is 61.9 cm³/mol. The first kappa shape index (κ1) is 9.37. The van der Waals surface area contributed by atoms with Gasteiger partial charge in [-0.1, -0.05) is 24.3 Å². The van der Waals surface area contributed by atoms with E-state index >= 15 is 0 Å². The number of hydrogen-bond acceptors (Lipinski definition) is 2. The summed E-state index contributed by atoms with van der Waals surface area (Å²) in [5, 5.41) is 3.51. The molecule has 1 aromatic carbocycles. The normalized spacial score (nSPS) is 30.7. The van der Waals surface area contributed by atoms with Crippen molar-refractivity contribution in [2.45, 2.75) is 18.4 Å². The smallest absolute Gasteiger partial charge is 0.0598 e. The largest absolute Gasteiger partial charge is 0.314 e. The lowest BCUT2D eigenvalue weighted by Crippen LogP contribution is -2.49. The topological polar surface area (TPSA) is 15.3 Å². The van der Waals surface area contributed by atoms with Crippen LogP contribution in [0.4, 0.5) is 0 Å². The average molecular weight is 202 g/mol. The van der Waals surface area contributed by atoms with E-state index in [9.17, 15) is 0 Å². The fourth-order valence-electron chi connectivity index (χ4n) is 3.13. The van der Waals surface area contributed by atoms with E-state index in [2.05, 4.69) is 41.5 Å². The highest BCUT2D eigenvalue weighted by Crippen LogP contribution is 2.38. The average Bonchev–Trinajstić information content (AvgIpc) is 2.75. The van der Waals surface area contributed by atoms with Gasteiger partial charge in [-0.05, 0) is 37.6 Å². The van der Waals surface area contributed by atoms with Gasteiger partial charge >= 0.3 is 0 Å². The molecule has 2 aliphatic rings. The van der Waals surface area contributed by atoms with Crippen molar-refractivity contribution >= 4 is 0 Å². The molecule has 2 nitrogen and oxygen atoms in total. The van der Waals surface area contributed by atoms with Gasteiger partial charge in [-0.25, -0.2) is 0 Å². The molecule has 15 heavy (non-hydrogen) atoms. The number of fused-ring (bicyclic) bond motifs is 2. The van der Waals surface area contributed by atoms with Crippen LogP contribution in [0, 0.1) is 0 Å². The van der Waals surface area contributed by atoms with Gasteiger partial charge < -0.3 is 5.32 Å². The fraction of sp³-hybridized carbons (Fsp3) is 0.538. The Morgan fingerprint density at radius 1 is 1.33 bits per heavy atom. The first-order valence-corrected chi connectivity index (χ1v) is 5.83. The molecule has 0 aromatic heterocycles. The van der Waals surface area contributed by atoms with Crippen LogP contribution in [0.5, 0.6) is 0 Å². The summed E-state index contributed by atoms with van der Waals surface area (Å²) in [5.74, 6) is 0. The van der Waals surface area contributed by atoms with Crippen molar-refractivity contribution in [2.75, 3.05) is 26.7 Å². The summed E-state index contributed by atoms with van der Waals surface area (Å²) in [6.45, 7) is 3.46. The highest BCUT2D eigenvalue weighted by molar-refractivity contribution is 5.37.